The maximum atomic E-state index is 12.1. The highest BCUT2D eigenvalue weighted by atomic mass is 35.5. The first kappa shape index (κ1) is 27.2. The number of nitriles is 3. The molecule has 37 heavy (non-hydrogen) atoms. The lowest BCUT2D eigenvalue weighted by molar-refractivity contribution is -0.383. The van der Waals surface area contributed by atoms with Crippen LogP contribution in [0.2, 0.25) is 10.0 Å². The normalized spacial score (nSPS) is 11.0. The van der Waals surface area contributed by atoms with Crippen LogP contribution in [0.5, 0.6) is 0 Å². The molecule has 0 amide bonds. The first-order chi connectivity index (χ1) is 17.8. The summed E-state index contributed by atoms with van der Waals surface area (Å²) in [5.74, 6) is -0.720. The topological polar surface area (TPSA) is 156 Å². The molecule has 0 fully saturated rings. The summed E-state index contributed by atoms with van der Waals surface area (Å²) in [5, 5.41) is 43.6. The van der Waals surface area contributed by atoms with Crippen LogP contribution >= 0.6 is 23.2 Å². The predicted octanol–water partition coefficient (Wildman–Crippen LogP) is 6.03. The molecule has 2 aromatic carbocycles. The first-order valence-corrected chi connectivity index (χ1v) is 11.8. The summed E-state index contributed by atoms with van der Waals surface area (Å²) < 4.78 is 0. The van der Waals surface area contributed by atoms with Crippen molar-refractivity contribution >= 4 is 46.2 Å². The van der Waals surface area contributed by atoms with Crippen LogP contribution in [0.4, 0.5) is 23.0 Å². The molecule has 0 aliphatic heterocycles. The molecule has 10 nitrogen and oxygen atoms in total. The number of hydrogen-bond donors (Lipinski definition) is 1. The van der Waals surface area contributed by atoms with Gasteiger partial charge in [0.2, 0.25) is 11.6 Å². The van der Waals surface area contributed by atoms with Gasteiger partial charge in [0, 0.05) is 28.8 Å². The minimum absolute atomic E-state index is 0.000605. The average Bonchev–Trinajstić information content (AvgIpc) is 2.88. The molecule has 1 unspecified atom stereocenters. The van der Waals surface area contributed by atoms with E-state index in [1.54, 1.807) is 43.3 Å². The van der Waals surface area contributed by atoms with Crippen LogP contribution in [0.25, 0.3) is 0 Å². The van der Waals surface area contributed by atoms with Crippen molar-refractivity contribution in [3.05, 3.63) is 79.6 Å². The molecule has 0 radical (unpaired) electrons. The van der Waals surface area contributed by atoms with Gasteiger partial charge in [0.25, 0.3) is 0 Å². The highest BCUT2D eigenvalue weighted by molar-refractivity contribution is 6.32. The van der Waals surface area contributed by atoms with Gasteiger partial charge >= 0.3 is 5.69 Å². The van der Waals surface area contributed by atoms with Gasteiger partial charge in [-0.1, -0.05) is 41.4 Å². The standard InChI is InChI=1S/C25H20Cl2N8O2/c1-16-12-19(20(14-30)17-4-6-18(26)7-5-17)21(27)13-22(16)33-24-23(35(36)37)25(32-15-31-24)34(10-2-8-28)11-3-9-29/h4-7,12-13,15,20H,2-3,10-11H2,1H3,(H,31,32,33). The second kappa shape index (κ2) is 12.5. The Labute approximate surface area is 223 Å². The number of rotatable bonds is 10. The number of nitro groups is 1. The van der Waals surface area contributed by atoms with Crippen LogP contribution in [0.3, 0.4) is 0 Å². The summed E-state index contributed by atoms with van der Waals surface area (Å²) in [7, 11) is 0. The number of halogens is 2. The summed E-state index contributed by atoms with van der Waals surface area (Å²) in [6.07, 6.45) is 1.37. The van der Waals surface area contributed by atoms with E-state index in [4.69, 9.17) is 33.7 Å². The highest BCUT2D eigenvalue weighted by Gasteiger charge is 2.28. The van der Waals surface area contributed by atoms with Crippen molar-refractivity contribution in [1.29, 1.82) is 15.8 Å². The van der Waals surface area contributed by atoms with Crippen LogP contribution in [0.15, 0.2) is 42.7 Å². The lowest BCUT2D eigenvalue weighted by atomic mass is 9.91. The number of aromatic nitrogens is 2. The van der Waals surface area contributed by atoms with Crippen LogP contribution < -0.4 is 10.2 Å². The molecular weight excluding hydrogens is 515 g/mol. The molecule has 1 heterocycles. The van der Waals surface area contributed by atoms with E-state index in [0.29, 0.717) is 21.8 Å². The molecule has 0 aliphatic carbocycles. The van der Waals surface area contributed by atoms with Crippen LogP contribution in [-0.4, -0.2) is 28.0 Å². The van der Waals surface area contributed by atoms with Gasteiger partial charge in [-0.05, 0) is 41.8 Å². The van der Waals surface area contributed by atoms with Gasteiger partial charge in [0.05, 0.1) is 41.9 Å². The Morgan fingerprint density at radius 2 is 1.73 bits per heavy atom. The average molecular weight is 535 g/mol. The van der Waals surface area contributed by atoms with E-state index in [2.05, 4.69) is 21.4 Å². The van der Waals surface area contributed by atoms with Gasteiger partial charge in [0.1, 0.15) is 6.33 Å². The van der Waals surface area contributed by atoms with Crippen molar-refractivity contribution < 1.29 is 4.92 Å². The summed E-state index contributed by atoms with van der Waals surface area (Å²) in [6, 6.07) is 16.5. The van der Waals surface area contributed by atoms with Crippen molar-refractivity contribution in [2.24, 2.45) is 0 Å². The number of nitrogens with one attached hydrogen (secondary N) is 1. The van der Waals surface area contributed by atoms with E-state index in [1.165, 1.54) is 11.2 Å². The molecule has 3 rings (SSSR count). The molecule has 3 aromatic rings. The fraction of sp³-hybridized carbons (Fsp3) is 0.240. The SMILES string of the molecule is Cc1cc(C(C#N)c2ccc(Cl)cc2)c(Cl)cc1Nc1ncnc(N(CCC#N)CCC#N)c1[N+](=O)[O-]. The predicted molar refractivity (Wildman–Crippen MR) is 140 cm³/mol. The van der Waals surface area contributed by atoms with Gasteiger partial charge in [0.15, 0.2) is 0 Å². The van der Waals surface area contributed by atoms with Gasteiger partial charge < -0.3 is 10.2 Å². The summed E-state index contributed by atoms with van der Waals surface area (Å²) in [5.41, 5.74) is 2.03. The molecule has 186 valence electrons. The number of benzene rings is 2. The lowest BCUT2D eigenvalue weighted by Crippen LogP contribution is -2.27. The zero-order valence-electron chi connectivity index (χ0n) is 19.7. The van der Waals surface area contributed by atoms with Gasteiger partial charge in [-0.25, -0.2) is 9.97 Å². The summed E-state index contributed by atoms with van der Waals surface area (Å²) >= 11 is 12.5. The van der Waals surface area contributed by atoms with Crippen molar-refractivity contribution in [3.63, 3.8) is 0 Å². The number of nitrogens with zero attached hydrogens (tertiary/aromatic N) is 7. The fourth-order valence-electron chi connectivity index (χ4n) is 3.72. The Morgan fingerprint density at radius 3 is 2.30 bits per heavy atom. The summed E-state index contributed by atoms with van der Waals surface area (Å²) in [4.78, 5) is 21.1. The minimum atomic E-state index is -0.647. The van der Waals surface area contributed by atoms with E-state index in [0.717, 1.165) is 5.56 Å². The second-order valence-corrected chi connectivity index (χ2v) is 8.73. The fourth-order valence-corrected chi connectivity index (χ4v) is 4.12. The van der Waals surface area contributed by atoms with Crippen LogP contribution in [0, 0.1) is 51.0 Å². The smallest absolute Gasteiger partial charge is 0.349 e. The third-order valence-electron chi connectivity index (χ3n) is 5.51. The third kappa shape index (κ3) is 6.42. The van der Waals surface area contributed by atoms with E-state index in [9.17, 15) is 15.4 Å². The minimum Gasteiger partial charge on any atom is -0.349 e. The largest absolute Gasteiger partial charge is 0.353 e. The Kier molecular flexibility index (Phi) is 9.18. The quantitative estimate of drug-likeness (QED) is 0.242. The van der Waals surface area contributed by atoms with E-state index >= 15 is 0 Å². The Morgan fingerprint density at radius 1 is 1.08 bits per heavy atom. The maximum absolute atomic E-state index is 12.1. The van der Waals surface area contributed by atoms with Gasteiger partial charge in [-0.3, -0.25) is 10.1 Å². The van der Waals surface area contributed by atoms with Crippen molar-refractivity contribution in [3.8, 4) is 18.2 Å². The maximum Gasteiger partial charge on any atom is 0.353 e. The van der Waals surface area contributed by atoms with E-state index < -0.39 is 16.5 Å². The lowest BCUT2D eigenvalue weighted by Gasteiger charge is -2.22. The van der Waals surface area contributed by atoms with Gasteiger partial charge in [-0.15, -0.1) is 0 Å². The number of aryl methyl sites for hydroxylation is 1. The van der Waals surface area contributed by atoms with Gasteiger partial charge in [-0.2, -0.15) is 15.8 Å². The molecule has 1 aromatic heterocycles. The Balaban J connectivity index is 2.01. The monoisotopic (exact) mass is 534 g/mol. The van der Waals surface area contributed by atoms with E-state index in [-0.39, 0.29) is 42.6 Å². The van der Waals surface area contributed by atoms with Crippen LogP contribution in [0.1, 0.15) is 35.4 Å². The second-order valence-electron chi connectivity index (χ2n) is 7.88. The third-order valence-corrected chi connectivity index (χ3v) is 6.09. The van der Waals surface area contributed by atoms with E-state index in [1.807, 2.05) is 12.1 Å². The molecule has 0 spiro atoms. The van der Waals surface area contributed by atoms with Crippen molar-refractivity contribution in [1.82, 2.24) is 9.97 Å². The molecule has 0 aliphatic rings. The molecule has 0 saturated heterocycles. The zero-order chi connectivity index (χ0) is 26.9. The van der Waals surface area contributed by atoms with Crippen LogP contribution in [-0.2, 0) is 0 Å². The molecule has 0 bridgehead atoms. The molecular formula is C25H20Cl2N8O2. The molecule has 12 heteroatoms. The Bertz CT molecular complexity index is 1410. The first-order valence-electron chi connectivity index (χ1n) is 11.0. The molecule has 0 saturated carbocycles. The van der Waals surface area contributed by atoms with Crippen molar-refractivity contribution in [2.45, 2.75) is 25.7 Å². The number of hydrogen-bond acceptors (Lipinski definition) is 9. The van der Waals surface area contributed by atoms with Crippen molar-refractivity contribution in [2.75, 3.05) is 23.3 Å². The summed E-state index contributed by atoms with van der Waals surface area (Å²) in [6.45, 7) is 2.10. The molecule has 1 N–H and O–H groups in total. The Hall–Kier alpha value is -4.43. The zero-order valence-corrected chi connectivity index (χ0v) is 21.2. The number of anilines is 3. The highest BCUT2D eigenvalue weighted by Crippen LogP contribution is 2.38. The molecule has 1 atom stereocenters.